The summed E-state index contributed by atoms with van der Waals surface area (Å²) >= 11 is 1.41. The fraction of sp³-hybridized carbons (Fsp3) is 0.667. The summed E-state index contributed by atoms with van der Waals surface area (Å²) in [4.78, 5) is 3.39. The van der Waals surface area contributed by atoms with Crippen molar-refractivity contribution in [2.45, 2.75) is 30.3 Å². The summed E-state index contributed by atoms with van der Waals surface area (Å²) < 4.78 is 26.7. The molecule has 5 nitrogen and oxygen atoms in total. The normalized spacial score (nSPS) is 22.0. The molecule has 1 fully saturated rings. The standard InChI is InChI=1S/C12H21N3O2S2/c1-14(2)10-4-3-5-15(8-10)19(16,17)12-6-11(7-13)18-9-12/h6,9-10H,3-5,7-8,13H2,1-2H3. The van der Waals surface area contributed by atoms with Crippen LogP contribution >= 0.6 is 11.3 Å². The minimum absolute atomic E-state index is 0.302. The Morgan fingerprint density at radius 2 is 2.26 bits per heavy atom. The first-order valence-electron chi connectivity index (χ1n) is 6.39. The van der Waals surface area contributed by atoms with Gasteiger partial charge in [-0.25, -0.2) is 8.42 Å². The van der Waals surface area contributed by atoms with Gasteiger partial charge in [-0.15, -0.1) is 11.3 Å². The topological polar surface area (TPSA) is 66.6 Å². The first-order chi connectivity index (χ1) is 8.95. The summed E-state index contributed by atoms with van der Waals surface area (Å²) in [6.07, 6.45) is 1.96. The van der Waals surface area contributed by atoms with Crippen molar-refractivity contribution < 1.29 is 8.42 Å². The van der Waals surface area contributed by atoms with Crippen LogP contribution in [0.4, 0.5) is 0 Å². The van der Waals surface area contributed by atoms with Crippen molar-refractivity contribution in [1.82, 2.24) is 9.21 Å². The lowest BCUT2D eigenvalue weighted by Gasteiger charge is -2.35. The van der Waals surface area contributed by atoms with Gasteiger partial charge in [0, 0.05) is 35.9 Å². The number of nitrogens with two attached hydrogens (primary N) is 1. The van der Waals surface area contributed by atoms with E-state index in [1.807, 2.05) is 14.1 Å². The monoisotopic (exact) mass is 303 g/mol. The van der Waals surface area contributed by atoms with E-state index in [4.69, 9.17) is 5.73 Å². The van der Waals surface area contributed by atoms with E-state index >= 15 is 0 Å². The van der Waals surface area contributed by atoms with E-state index in [1.165, 1.54) is 11.3 Å². The lowest BCUT2D eigenvalue weighted by atomic mass is 10.1. The Morgan fingerprint density at radius 1 is 1.53 bits per heavy atom. The van der Waals surface area contributed by atoms with Gasteiger partial charge < -0.3 is 10.6 Å². The smallest absolute Gasteiger partial charge is 0.243 e. The molecule has 2 N–H and O–H groups in total. The molecule has 1 aromatic rings. The summed E-state index contributed by atoms with van der Waals surface area (Å²) in [6, 6.07) is 2.00. The van der Waals surface area contributed by atoms with Crippen molar-refractivity contribution in [3.63, 3.8) is 0 Å². The van der Waals surface area contributed by atoms with Crippen molar-refractivity contribution in [1.29, 1.82) is 0 Å². The first-order valence-corrected chi connectivity index (χ1v) is 8.71. The Bertz CT molecular complexity index is 525. The first kappa shape index (κ1) is 14.9. The Morgan fingerprint density at radius 3 is 2.84 bits per heavy atom. The van der Waals surface area contributed by atoms with Crippen LogP contribution in [0.3, 0.4) is 0 Å². The molecular weight excluding hydrogens is 282 g/mol. The maximum absolute atomic E-state index is 12.6. The molecule has 1 atom stereocenters. The number of sulfonamides is 1. The Hall–Kier alpha value is -0.470. The Kier molecular flexibility index (Phi) is 4.62. The van der Waals surface area contributed by atoms with Crippen molar-refractivity contribution >= 4 is 21.4 Å². The van der Waals surface area contributed by atoms with E-state index in [1.54, 1.807) is 15.8 Å². The fourth-order valence-electron chi connectivity index (χ4n) is 2.31. The van der Waals surface area contributed by atoms with Gasteiger partial charge in [-0.05, 0) is 33.0 Å². The Balaban J connectivity index is 2.19. The Labute approximate surface area is 119 Å². The predicted octanol–water partition coefficient (Wildman–Crippen LogP) is 0.922. The average molecular weight is 303 g/mol. The van der Waals surface area contributed by atoms with Crippen LogP contribution in [0.25, 0.3) is 0 Å². The zero-order valence-corrected chi connectivity index (χ0v) is 13.0. The molecule has 0 spiro atoms. The zero-order chi connectivity index (χ0) is 14.0. The highest BCUT2D eigenvalue weighted by Crippen LogP contribution is 2.25. The number of hydrogen-bond donors (Lipinski definition) is 1. The number of nitrogens with zero attached hydrogens (tertiary/aromatic N) is 2. The maximum atomic E-state index is 12.6. The molecule has 2 heterocycles. The van der Waals surface area contributed by atoms with Gasteiger partial charge >= 0.3 is 0 Å². The summed E-state index contributed by atoms with van der Waals surface area (Å²) in [5.41, 5.74) is 5.54. The molecule has 1 saturated heterocycles. The third-order valence-corrected chi connectivity index (χ3v) is 6.51. The van der Waals surface area contributed by atoms with Crippen molar-refractivity contribution in [2.24, 2.45) is 5.73 Å². The van der Waals surface area contributed by atoms with Gasteiger partial charge in [0.25, 0.3) is 0 Å². The predicted molar refractivity (Wildman–Crippen MR) is 77.7 cm³/mol. The van der Waals surface area contributed by atoms with Crippen LogP contribution in [0.1, 0.15) is 17.7 Å². The van der Waals surface area contributed by atoms with Gasteiger partial charge in [-0.1, -0.05) is 0 Å². The van der Waals surface area contributed by atoms with E-state index in [9.17, 15) is 8.42 Å². The van der Waals surface area contributed by atoms with Gasteiger partial charge in [0.1, 0.15) is 0 Å². The molecule has 1 aliphatic heterocycles. The van der Waals surface area contributed by atoms with Crippen LogP contribution in [-0.2, 0) is 16.6 Å². The number of thiophene rings is 1. The third-order valence-electron chi connectivity index (χ3n) is 3.56. The molecule has 0 aliphatic carbocycles. The molecule has 19 heavy (non-hydrogen) atoms. The minimum atomic E-state index is -3.36. The molecule has 1 aromatic heterocycles. The second-order valence-electron chi connectivity index (χ2n) is 5.08. The van der Waals surface area contributed by atoms with Crippen LogP contribution in [0, 0.1) is 0 Å². The molecule has 0 bridgehead atoms. The molecule has 1 aliphatic rings. The highest BCUT2D eigenvalue weighted by atomic mass is 32.2. The van der Waals surface area contributed by atoms with Crippen LogP contribution in [-0.4, -0.2) is 50.8 Å². The van der Waals surface area contributed by atoms with E-state index in [2.05, 4.69) is 4.90 Å². The molecule has 0 radical (unpaired) electrons. The maximum Gasteiger partial charge on any atom is 0.243 e. The lowest BCUT2D eigenvalue weighted by molar-refractivity contribution is 0.190. The molecular formula is C12H21N3O2S2. The second kappa shape index (κ2) is 5.88. The molecule has 7 heteroatoms. The van der Waals surface area contributed by atoms with Crippen LogP contribution in [0.5, 0.6) is 0 Å². The number of rotatable bonds is 4. The highest BCUT2D eigenvalue weighted by Gasteiger charge is 2.31. The van der Waals surface area contributed by atoms with E-state index in [-0.39, 0.29) is 0 Å². The van der Waals surface area contributed by atoms with Crippen molar-refractivity contribution in [2.75, 3.05) is 27.2 Å². The van der Waals surface area contributed by atoms with Crippen LogP contribution < -0.4 is 5.73 Å². The summed E-state index contributed by atoms with van der Waals surface area (Å²) in [6.45, 7) is 1.57. The molecule has 0 aromatic carbocycles. The zero-order valence-electron chi connectivity index (χ0n) is 11.4. The van der Waals surface area contributed by atoms with Gasteiger partial charge in [0.15, 0.2) is 0 Å². The number of likely N-dealkylation sites (N-methyl/N-ethyl adjacent to an activating group) is 1. The second-order valence-corrected chi connectivity index (χ2v) is 8.01. The highest BCUT2D eigenvalue weighted by molar-refractivity contribution is 7.89. The van der Waals surface area contributed by atoms with Gasteiger partial charge in [-0.2, -0.15) is 4.31 Å². The summed E-state index contributed by atoms with van der Waals surface area (Å²) in [7, 11) is 0.640. The van der Waals surface area contributed by atoms with Crippen molar-refractivity contribution in [3.05, 3.63) is 16.3 Å². The molecule has 0 amide bonds. The van der Waals surface area contributed by atoms with Gasteiger partial charge in [0.2, 0.25) is 10.0 Å². The number of piperidine rings is 1. The lowest BCUT2D eigenvalue weighted by Crippen LogP contribution is -2.47. The third kappa shape index (κ3) is 3.17. The SMILES string of the molecule is CN(C)C1CCCN(S(=O)(=O)c2csc(CN)c2)C1. The van der Waals surface area contributed by atoms with Gasteiger partial charge in [-0.3, -0.25) is 0 Å². The van der Waals surface area contributed by atoms with E-state index in [0.29, 0.717) is 30.6 Å². The van der Waals surface area contributed by atoms with E-state index in [0.717, 1.165) is 17.7 Å². The average Bonchev–Trinajstić information content (AvgIpc) is 2.88. The summed E-state index contributed by atoms with van der Waals surface area (Å²) in [5.74, 6) is 0. The molecule has 108 valence electrons. The summed E-state index contributed by atoms with van der Waals surface area (Å²) in [5, 5.41) is 1.69. The van der Waals surface area contributed by atoms with Crippen LogP contribution in [0.2, 0.25) is 0 Å². The largest absolute Gasteiger partial charge is 0.326 e. The molecule has 2 rings (SSSR count). The fourth-order valence-corrected chi connectivity index (χ4v) is 4.97. The van der Waals surface area contributed by atoms with Crippen LogP contribution in [0.15, 0.2) is 16.3 Å². The number of hydrogen-bond acceptors (Lipinski definition) is 5. The quantitative estimate of drug-likeness (QED) is 0.898. The minimum Gasteiger partial charge on any atom is -0.326 e. The molecule has 1 unspecified atom stereocenters. The molecule has 0 saturated carbocycles. The van der Waals surface area contributed by atoms with Gasteiger partial charge in [0.05, 0.1) is 4.90 Å². The van der Waals surface area contributed by atoms with Crippen molar-refractivity contribution in [3.8, 4) is 0 Å². The van der Waals surface area contributed by atoms with E-state index < -0.39 is 10.0 Å².